The summed E-state index contributed by atoms with van der Waals surface area (Å²) in [6.07, 6.45) is 1.28. The third-order valence-electron chi connectivity index (χ3n) is 2.41. The standard InChI is InChI=1S/C10H15BrN2O2/c1-6(4-11)7(2)13-10(14)9-8(3)12-5-15-9/h5-7H,4H2,1-3H3,(H,13,14). The SMILES string of the molecule is Cc1ncoc1C(=O)NC(C)C(C)CBr. The summed E-state index contributed by atoms with van der Waals surface area (Å²) in [5.41, 5.74) is 0.617. The average molecular weight is 275 g/mol. The molecule has 1 rings (SSSR count). The van der Waals surface area contributed by atoms with Crippen molar-refractivity contribution in [3.8, 4) is 0 Å². The number of amides is 1. The topological polar surface area (TPSA) is 55.1 Å². The van der Waals surface area contributed by atoms with Gasteiger partial charge in [0, 0.05) is 11.4 Å². The molecule has 2 atom stereocenters. The summed E-state index contributed by atoms with van der Waals surface area (Å²) in [4.78, 5) is 15.6. The van der Waals surface area contributed by atoms with Crippen molar-refractivity contribution in [3.05, 3.63) is 17.8 Å². The summed E-state index contributed by atoms with van der Waals surface area (Å²) in [6, 6.07) is 0.0985. The molecular weight excluding hydrogens is 260 g/mol. The van der Waals surface area contributed by atoms with Crippen molar-refractivity contribution in [1.82, 2.24) is 10.3 Å². The van der Waals surface area contributed by atoms with Gasteiger partial charge in [0.25, 0.3) is 5.91 Å². The second kappa shape index (κ2) is 5.30. The minimum Gasteiger partial charge on any atom is -0.438 e. The molecule has 1 N–H and O–H groups in total. The van der Waals surface area contributed by atoms with Gasteiger partial charge in [0.05, 0.1) is 5.69 Å². The quantitative estimate of drug-likeness (QED) is 0.856. The Morgan fingerprint density at radius 2 is 2.33 bits per heavy atom. The van der Waals surface area contributed by atoms with Crippen LogP contribution in [0, 0.1) is 12.8 Å². The number of rotatable bonds is 4. The smallest absolute Gasteiger partial charge is 0.289 e. The van der Waals surface area contributed by atoms with E-state index in [0.717, 1.165) is 5.33 Å². The predicted octanol–water partition coefficient (Wildman–Crippen LogP) is 2.13. The van der Waals surface area contributed by atoms with Crippen LogP contribution >= 0.6 is 15.9 Å². The third-order valence-corrected chi connectivity index (χ3v) is 3.43. The number of carbonyl (C=O) groups excluding carboxylic acids is 1. The van der Waals surface area contributed by atoms with E-state index in [1.807, 2.05) is 6.92 Å². The molecule has 1 aromatic rings. The van der Waals surface area contributed by atoms with Gasteiger partial charge < -0.3 is 9.73 Å². The summed E-state index contributed by atoms with van der Waals surface area (Å²) in [5, 5.41) is 3.72. The van der Waals surface area contributed by atoms with E-state index in [9.17, 15) is 4.79 Å². The van der Waals surface area contributed by atoms with E-state index in [4.69, 9.17) is 4.42 Å². The maximum Gasteiger partial charge on any atom is 0.289 e. The number of oxazole rings is 1. The second-order valence-corrected chi connectivity index (χ2v) is 4.31. The molecule has 0 radical (unpaired) electrons. The van der Waals surface area contributed by atoms with Crippen LogP contribution in [-0.4, -0.2) is 22.3 Å². The highest BCUT2D eigenvalue weighted by Gasteiger charge is 2.18. The van der Waals surface area contributed by atoms with Crippen LogP contribution in [0.4, 0.5) is 0 Å². The molecule has 0 bridgehead atoms. The number of halogens is 1. The van der Waals surface area contributed by atoms with Crippen LogP contribution in [0.15, 0.2) is 10.8 Å². The Morgan fingerprint density at radius 3 is 2.80 bits per heavy atom. The van der Waals surface area contributed by atoms with Gasteiger partial charge in [-0.3, -0.25) is 4.79 Å². The fraction of sp³-hybridized carbons (Fsp3) is 0.600. The Labute approximate surface area is 97.6 Å². The molecule has 0 aliphatic heterocycles. The van der Waals surface area contributed by atoms with Crippen molar-refractivity contribution in [2.45, 2.75) is 26.8 Å². The Hall–Kier alpha value is -0.840. The van der Waals surface area contributed by atoms with Gasteiger partial charge in [-0.05, 0) is 19.8 Å². The average Bonchev–Trinajstić information content (AvgIpc) is 2.63. The van der Waals surface area contributed by atoms with Crippen molar-refractivity contribution in [1.29, 1.82) is 0 Å². The van der Waals surface area contributed by atoms with E-state index in [1.165, 1.54) is 6.39 Å². The lowest BCUT2D eigenvalue weighted by Gasteiger charge is -2.18. The number of hydrogen-bond acceptors (Lipinski definition) is 3. The van der Waals surface area contributed by atoms with Crippen molar-refractivity contribution in [2.24, 2.45) is 5.92 Å². The molecular formula is C10H15BrN2O2. The molecule has 1 aromatic heterocycles. The molecule has 5 heteroatoms. The lowest BCUT2D eigenvalue weighted by Crippen LogP contribution is -2.37. The predicted molar refractivity (Wildman–Crippen MR) is 61.1 cm³/mol. The first-order valence-electron chi connectivity index (χ1n) is 4.83. The molecule has 15 heavy (non-hydrogen) atoms. The van der Waals surface area contributed by atoms with Crippen molar-refractivity contribution >= 4 is 21.8 Å². The van der Waals surface area contributed by atoms with Crippen molar-refractivity contribution < 1.29 is 9.21 Å². The summed E-state index contributed by atoms with van der Waals surface area (Å²) >= 11 is 3.38. The van der Waals surface area contributed by atoms with Gasteiger partial charge in [0.1, 0.15) is 0 Å². The molecule has 0 aromatic carbocycles. The van der Waals surface area contributed by atoms with Gasteiger partial charge in [0.2, 0.25) is 5.76 Å². The van der Waals surface area contributed by atoms with E-state index in [2.05, 4.69) is 33.2 Å². The highest BCUT2D eigenvalue weighted by molar-refractivity contribution is 9.09. The molecule has 0 aliphatic rings. The van der Waals surface area contributed by atoms with Gasteiger partial charge in [-0.25, -0.2) is 4.98 Å². The molecule has 4 nitrogen and oxygen atoms in total. The van der Waals surface area contributed by atoms with E-state index in [-0.39, 0.29) is 11.9 Å². The minimum atomic E-state index is -0.203. The number of aryl methyl sites for hydroxylation is 1. The summed E-state index contributed by atoms with van der Waals surface area (Å²) < 4.78 is 5.01. The maximum atomic E-state index is 11.7. The second-order valence-electron chi connectivity index (χ2n) is 3.66. The van der Waals surface area contributed by atoms with Crippen molar-refractivity contribution in [3.63, 3.8) is 0 Å². The number of aromatic nitrogens is 1. The molecule has 0 saturated heterocycles. The zero-order chi connectivity index (χ0) is 11.4. The Kier molecular flexibility index (Phi) is 4.32. The van der Waals surface area contributed by atoms with Gasteiger partial charge in [-0.15, -0.1) is 0 Å². The van der Waals surface area contributed by atoms with E-state index < -0.39 is 0 Å². The first-order chi connectivity index (χ1) is 7.06. The molecule has 0 aliphatic carbocycles. The normalized spacial score (nSPS) is 14.7. The molecule has 0 saturated carbocycles. The number of carbonyl (C=O) groups is 1. The lowest BCUT2D eigenvalue weighted by atomic mass is 10.1. The van der Waals surface area contributed by atoms with Crippen LogP contribution in [-0.2, 0) is 0 Å². The molecule has 84 valence electrons. The first-order valence-corrected chi connectivity index (χ1v) is 5.95. The van der Waals surface area contributed by atoms with Crippen LogP contribution in [0.5, 0.6) is 0 Å². The first kappa shape index (κ1) is 12.2. The van der Waals surface area contributed by atoms with Gasteiger partial charge in [0.15, 0.2) is 6.39 Å². The van der Waals surface area contributed by atoms with E-state index in [0.29, 0.717) is 17.4 Å². The highest BCUT2D eigenvalue weighted by Crippen LogP contribution is 2.09. The van der Waals surface area contributed by atoms with E-state index >= 15 is 0 Å². The molecule has 0 fully saturated rings. The summed E-state index contributed by atoms with van der Waals surface area (Å²) in [7, 11) is 0. The largest absolute Gasteiger partial charge is 0.438 e. The van der Waals surface area contributed by atoms with Crippen LogP contribution in [0.2, 0.25) is 0 Å². The maximum absolute atomic E-state index is 11.7. The number of nitrogens with zero attached hydrogens (tertiary/aromatic N) is 1. The van der Waals surface area contributed by atoms with E-state index in [1.54, 1.807) is 6.92 Å². The number of alkyl halides is 1. The van der Waals surface area contributed by atoms with Gasteiger partial charge in [-0.2, -0.15) is 0 Å². The Morgan fingerprint density at radius 1 is 1.67 bits per heavy atom. The Balaban J connectivity index is 2.60. The lowest BCUT2D eigenvalue weighted by molar-refractivity contribution is 0.0902. The van der Waals surface area contributed by atoms with Crippen LogP contribution in [0.25, 0.3) is 0 Å². The molecule has 2 unspecified atom stereocenters. The zero-order valence-corrected chi connectivity index (χ0v) is 10.7. The fourth-order valence-electron chi connectivity index (χ4n) is 1.07. The van der Waals surface area contributed by atoms with Gasteiger partial charge >= 0.3 is 0 Å². The van der Waals surface area contributed by atoms with Crippen LogP contribution in [0.3, 0.4) is 0 Å². The number of hydrogen-bond donors (Lipinski definition) is 1. The molecule has 0 spiro atoms. The van der Waals surface area contributed by atoms with Crippen LogP contribution < -0.4 is 5.32 Å². The number of nitrogens with one attached hydrogen (secondary N) is 1. The van der Waals surface area contributed by atoms with Gasteiger partial charge in [-0.1, -0.05) is 22.9 Å². The fourth-order valence-corrected chi connectivity index (χ4v) is 1.63. The zero-order valence-electron chi connectivity index (χ0n) is 9.08. The third kappa shape index (κ3) is 3.06. The monoisotopic (exact) mass is 274 g/mol. The summed E-state index contributed by atoms with van der Waals surface area (Å²) in [5.74, 6) is 0.464. The molecule has 1 heterocycles. The summed E-state index contributed by atoms with van der Waals surface area (Å²) in [6.45, 7) is 5.78. The molecule has 1 amide bonds. The Bertz CT molecular complexity index is 338. The highest BCUT2D eigenvalue weighted by atomic mass is 79.9. The minimum absolute atomic E-state index is 0.0985. The van der Waals surface area contributed by atoms with Crippen LogP contribution in [0.1, 0.15) is 30.1 Å². The van der Waals surface area contributed by atoms with Crippen molar-refractivity contribution in [2.75, 3.05) is 5.33 Å².